The summed E-state index contributed by atoms with van der Waals surface area (Å²) in [6, 6.07) is 12.9. The first-order valence-electron chi connectivity index (χ1n) is 8.29. The standard InChI is InChI=1S/C19H16F3N5/c1-12-5-7-16(24-12)15-8-6-14(9-23-15)25-17-4-2-3-13-10-27(26-18(13)17)11-19(20,21)22/h2-10,24-25H,11H2,1H3. The number of aromatic amines is 1. The Kier molecular flexibility index (Phi) is 4.10. The summed E-state index contributed by atoms with van der Waals surface area (Å²) in [5, 5.41) is 7.88. The largest absolute Gasteiger partial charge is 0.408 e. The van der Waals surface area contributed by atoms with E-state index < -0.39 is 12.7 Å². The highest BCUT2D eigenvalue weighted by Gasteiger charge is 2.28. The van der Waals surface area contributed by atoms with Crippen LogP contribution < -0.4 is 5.32 Å². The number of anilines is 2. The van der Waals surface area contributed by atoms with Crippen molar-refractivity contribution < 1.29 is 13.2 Å². The van der Waals surface area contributed by atoms with E-state index in [-0.39, 0.29) is 0 Å². The molecular formula is C19H16F3N5. The van der Waals surface area contributed by atoms with Gasteiger partial charge >= 0.3 is 6.18 Å². The number of nitrogens with one attached hydrogen (secondary N) is 2. The molecule has 0 saturated carbocycles. The lowest BCUT2D eigenvalue weighted by Gasteiger charge is -2.08. The lowest BCUT2D eigenvalue weighted by Crippen LogP contribution is -2.17. The summed E-state index contributed by atoms with van der Waals surface area (Å²) in [5.41, 5.74) is 4.60. The number of aryl methyl sites for hydroxylation is 1. The maximum atomic E-state index is 12.6. The van der Waals surface area contributed by atoms with Gasteiger partial charge in [0, 0.05) is 17.3 Å². The average Bonchev–Trinajstić information content (AvgIpc) is 3.20. The van der Waals surface area contributed by atoms with Crippen LogP contribution >= 0.6 is 0 Å². The molecule has 0 bridgehead atoms. The maximum absolute atomic E-state index is 12.6. The number of H-pyrrole nitrogens is 1. The van der Waals surface area contributed by atoms with Crippen molar-refractivity contribution in [1.29, 1.82) is 0 Å². The fourth-order valence-electron chi connectivity index (χ4n) is 2.90. The van der Waals surface area contributed by atoms with Crippen molar-refractivity contribution in [3.05, 3.63) is 60.6 Å². The van der Waals surface area contributed by atoms with Gasteiger partial charge in [0.2, 0.25) is 0 Å². The first-order chi connectivity index (χ1) is 12.9. The fourth-order valence-corrected chi connectivity index (χ4v) is 2.90. The van der Waals surface area contributed by atoms with Gasteiger partial charge in [0.25, 0.3) is 0 Å². The van der Waals surface area contributed by atoms with E-state index in [9.17, 15) is 13.2 Å². The molecule has 3 heterocycles. The summed E-state index contributed by atoms with van der Waals surface area (Å²) >= 11 is 0. The molecular weight excluding hydrogens is 355 g/mol. The topological polar surface area (TPSA) is 58.5 Å². The van der Waals surface area contributed by atoms with Gasteiger partial charge in [-0.05, 0) is 37.3 Å². The number of hydrogen-bond donors (Lipinski definition) is 2. The zero-order valence-corrected chi connectivity index (χ0v) is 14.4. The lowest BCUT2D eigenvalue weighted by atomic mass is 10.2. The summed E-state index contributed by atoms with van der Waals surface area (Å²) in [6.07, 6.45) is -1.24. The molecule has 0 radical (unpaired) electrons. The van der Waals surface area contributed by atoms with Gasteiger partial charge in [-0.1, -0.05) is 12.1 Å². The van der Waals surface area contributed by atoms with Crippen LogP contribution in [0.4, 0.5) is 24.5 Å². The number of fused-ring (bicyclic) bond motifs is 1. The van der Waals surface area contributed by atoms with Gasteiger partial charge in [-0.2, -0.15) is 18.3 Å². The Morgan fingerprint density at radius 1 is 1.11 bits per heavy atom. The van der Waals surface area contributed by atoms with E-state index in [1.165, 1.54) is 6.20 Å². The fraction of sp³-hybridized carbons (Fsp3) is 0.158. The zero-order chi connectivity index (χ0) is 19.0. The highest BCUT2D eigenvalue weighted by molar-refractivity contribution is 5.91. The first-order valence-corrected chi connectivity index (χ1v) is 8.29. The number of aromatic nitrogens is 4. The Morgan fingerprint density at radius 3 is 2.63 bits per heavy atom. The van der Waals surface area contributed by atoms with Crippen molar-refractivity contribution >= 4 is 22.3 Å². The van der Waals surface area contributed by atoms with Crippen molar-refractivity contribution in [2.24, 2.45) is 0 Å². The molecule has 8 heteroatoms. The molecule has 0 fully saturated rings. The third-order valence-corrected chi connectivity index (χ3v) is 4.08. The first kappa shape index (κ1) is 17.1. The summed E-state index contributed by atoms with van der Waals surface area (Å²) < 4.78 is 38.7. The predicted octanol–water partition coefficient (Wildman–Crippen LogP) is 5.04. The van der Waals surface area contributed by atoms with Crippen molar-refractivity contribution in [2.75, 3.05) is 5.32 Å². The molecule has 0 unspecified atom stereocenters. The molecule has 3 aromatic heterocycles. The predicted molar refractivity (Wildman–Crippen MR) is 97.8 cm³/mol. The Labute approximate surface area is 152 Å². The lowest BCUT2D eigenvalue weighted by molar-refractivity contribution is -0.142. The smallest absolute Gasteiger partial charge is 0.357 e. The number of nitrogens with zero attached hydrogens (tertiary/aromatic N) is 3. The van der Waals surface area contributed by atoms with Crippen LogP contribution in [0.25, 0.3) is 22.3 Å². The zero-order valence-electron chi connectivity index (χ0n) is 14.4. The van der Waals surface area contributed by atoms with E-state index in [1.54, 1.807) is 24.4 Å². The van der Waals surface area contributed by atoms with E-state index in [0.29, 0.717) is 16.6 Å². The van der Waals surface area contributed by atoms with Gasteiger partial charge in [0.15, 0.2) is 0 Å². The van der Waals surface area contributed by atoms with Crippen molar-refractivity contribution in [3.8, 4) is 11.4 Å². The van der Waals surface area contributed by atoms with Crippen LogP contribution in [0.1, 0.15) is 5.69 Å². The number of alkyl halides is 3. The molecule has 27 heavy (non-hydrogen) atoms. The summed E-state index contributed by atoms with van der Waals surface area (Å²) in [6.45, 7) is 0.852. The van der Waals surface area contributed by atoms with Crippen molar-refractivity contribution in [3.63, 3.8) is 0 Å². The summed E-state index contributed by atoms with van der Waals surface area (Å²) in [5.74, 6) is 0. The monoisotopic (exact) mass is 371 g/mol. The van der Waals surface area contributed by atoms with Gasteiger partial charge in [-0.3, -0.25) is 9.67 Å². The van der Waals surface area contributed by atoms with Crippen molar-refractivity contribution in [1.82, 2.24) is 19.7 Å². The molecule has 5 nitrogen and oxygen atoms in total. The SMILES string of the molecule is Cc1ccc(-c2ccc(Nc3cccc4cn(CC(F)(F)F)nc34)cn2)[nH]1. The van der Waals surface area contributed by atoms with Gasteiger partial charge in [0.1, 0.15) is 12.1 Å². The third-order valence-electron chi connectivity index (χ3n) is 4.08. The van der Waals surface area contributed by atoms with Crippen LogP contribution in [-0.2, 0) is 6.54 Å². The summed E-state index contributed by atoms with van der Waals surface area (Å²) in [4.78, 5) is 7.64. The molecule has 0 spiro atoms. The van der Waals surface area contributed by atoms with Crippen LogP contribution in [0, 0.1) is 6.92 Å². The van der Waals surface area contributed by atoms with Gasteiger partial charge in [-0.15, -0.1) is 0 Å². The third kappa shape index (κ3) is 3.79. The molecule has 4 rings (SSSR count). The Bertz CT molecular complexity index is 1080. The Morgan fingerprint density at radius 2 is 1.96 bits per heavy atom. The minimum absolute atomic E-state index is 0.478. The van der Waals surface area contributed by atoms with E-state index in [4.69, 9.17) is 0 Å². The second kappa shape index (κ2) is 6.46. The molecule has 4 aromatic rings. The number of pyridine rings is 1. The second-order valence-corrected chi connectivity index (χ2v) is 6.30. The molecule has 2 N–H and O–H groups in total. The van der Waals surface area contributed by atoms with Crippen molar-refractivity contribution in [2.45, 2.75) is 19.6 Å². The second-order valence-electron chi connectivity index (χ2n) is 6.30. The van der Waals surface area contributed by atoms with Gasteiger partial charge in [0.05, 0.1) is 29.0 Å². The average molecular weight is 371 g/mol. The van der Waals surface area contributed by atoms with Gasteiger partial charge < -0.3 is 10.3 Å². The van der Waals surface area contributed by atoms with Crippen LogP contribution in [0.15, 0.2) is 54.9 Å². The highest BCUT2D eigenvalue weighted by Crippen LogP contribution is 2.27. The molecule has 1 aromatic carbocycles. The van der Waals surface area contributed by atoms with E-state index in [0.717, 1.165) is 27.5 Å². The summed E-state index contributed by atoms with van der Waals surface area (Å²) in [7, 11) is 0. The number of hydrogen-bond acceptors (Lipinski definition) is 3. The number of halogens is 3. The van der Waals surface area contributed by atoms with Crippen LogP contribution in [0.2, 0.25) is 0 Å². The molecule has 0 saturated heterocycles. The maximum Gasteiger partial charge on any atom is 0.408 e. The normalized spacial score (nSPS) is 11.9. The van der Waals surface area contributed by atoms with Crippen LogP contribution in [0.3, 0.4) is 0 Å². The highest BCUT2D eigenvalue weighted by atomic mass is 19.4. The van der Waals surface area contributed by atoms with E-state index >= 15 is 0 Å². The molecule has 0 aliphatic carbocycles. The number of benzene rings is 1. The minimum atomic E-state index is -4.31. The molecule has 0 amide bonds. The Hall–Kier alpha value is -3.29. The Balaban J connectivity index is 1.59. The molecule has 0 aliphatic heterocycles. The quantitative estimate of drug-likeness (QED) is 0.528. The number of rotatable bonds is 4. The van der Waals surface area contributed by atoms with Crippen LogP contribution in [0.5, 0.6) is 0 Å². The van der Waals surface area contributed by atoms with E-state index in [1.807, 2.05) is 31.2 Å². The van der Waals surface area contributed by atoms with Crippen LogP contribution in [-0.4, -0.2) is 25.9 Å². The molecule has 138 valence electrons. The molecule has 0 atom stereocenters. The van der Waals surface area contributed by atoms with E-state index in [2.05, 4.69) is 20.4 Å². The minimum Gasteiger partial charge on any atom is -0.357 e. The van der Waals surface area contributed by atoms with Gasteiger partial charge in [-0.25, -0.2) is 0 Å². The molecule has 0 aliphatic rings.